The van der Waals surface area contributed by atoms with Crippen molar-refractivity contribution in [2.45, 2.75) is 25.6 Å². The summed E-state index contributed by atoms with van der Waals surface area (Å²) in [6.45, 7) is 0.991. The van der Waals surface area contributed by atoms with Gasteiger partial charge in [-0.25, -0.2) is 0 Å². The summed E-state index contributed by atoms with van der Waals surface area (Å²) in [7, 11) is 0. The molecule has 6 heteroatoms. The smallest absolute Gasteiger partial charge is 0.354 e. The summed E-state index contributed by atoms with van der Waals surface area (Å²) in [5.41, 5.74) is 4.71. The molecule has 1 atom stereocenters. The predicted octanol–water partition coefficient (Wildman–Crippen LogP) is 0.402. The van der Waals surface area contributed by atoms with Gasteiger partial charge in [-0.15, -0.1) is 0 Å². The first-order chi connectivity index (χ1) is 5.38. The van der Waals surface area contributed by atoms with Crippen molar-refractivity contribution in [1.29, 1.82) is 0 Å². The van der Waals surface area contributed by atoms with Crippen LogP contribution in [0.25, 0.3) is 0 Å². The molecule has 0 saturated carbocycles. The van der Waals surface area contributed by atoms with Gasteiger partial charge >= 0.3 is 6.18 Å². The summed E-state index contributed by atoms with van der Waals surface area (Å²) in [6, 6.07) is -1.98. The van der Waals surface area contributed by atoms with E-state index in [0.717, 1.165) is 0 Å². The third-order valence-electron chi connectivity index (χ3n) is 1.26. The van der Waals surface area contributed by atoms with Gasteiger partial charge in [-0.05, 0) is 0 Å². The Hall–Kier alpha value is -0.780. The zero-order valence-electron chi connectivity index (χ0n) is 6.61. The van der Waals surface area contributed by atoms with Gasteiger partial charge in [0.2, 0.25) is 5.91 Å². The predicted molar refractivity (Wildman–Crippen MR) is 37.3 cm³/mol. The van der Waals surface area contributed by atoms with Gasteiger partial charge in [0.25, 0.3) is 0 Å². The zero-order chi connectivity index (χ0) is 9.78. The summed E-state index contributed by atoms with van der Waals surface area (Å²) in [4.78, 5) is 10.5. The van der Waals surface area contributed by atoms with Crippen molar-refractivity contribution >= 4 is 5.91 Å². The minimum Gasteiger partial charge on any atom is -0.354 e. The molecule has 0 aliphatic rings. The molecule has 12 heavy (non-hydrogen) atoms. The lowest BCUT2D eigenvalue weighted by Gasteiger charge is -2.15. The molecule has 0 aliphatic heterocycles. The highest BCUT2D eigenvalue weighted by Crippen LogP contribution is 2.17. The second-order valence-corrected chi connectivity index (χ2v) is 2.31. The number of hydrogen-bond acceptors (Lipinski definition) is 2. The van der Waals surface area contributed by atoms with Gasteiger partial charge in [0.05, 0.1) is 0 Å². The molecule has 0 aliphatic carbocycles. The number of halogens is 3. The van der Waals surface area contributed by atoms with E-state index in [1.54, 1.807) is 6.92 Å². The number of nitrogens with two attached hydrogens (primary N) is 1. The van der Waals surface area contributed by atoms with Crippen LogP contribution in [-0.4, -0.2) is 24.7 Å². The van der Waals surface area contributed by atoms with Gasteiger partial charge in [0.1, 0.15) is 6.04 Å². The van der Waals surface area contributed by atoms with Crippen LogP contribution in [0.3, 0.4) is 0 Å². The fourth-order valence-corrected chi connectivity index (χ4v) is 0.465. The largest absolute Gasteiger partial charge is 0.405 e. The fourth-order valence-electron chi connectivity index (χ4n) is 0.465. The lowest BCUT2D eigenvalue weighted by atomic mass is 10.3. The monoisotopic (exact) mass is 184 g/mol. The Balaban J connectivity index is 3.72. The summed E-state index contributed by atoms with van der Waals surface area (Å²) in [6.07, 6.45) is -4.29. The molecule has 0 spiro atoms. The number of alkyl halides is 3. The van der Waals surface area contributed by atoms with Crippen LogP contribution in [0.4, 0.5) is 13.2 Å². The van der Waals surface area contributed by atoms with Crippen molar-refractivity contribution in [3.05, 3.63) is 0 Å². The Morgan fingerprint density at radius 1 is 1.58 bits per heavy atom. The van der Waals surface area contributed by atoms with E-state index >= 15 is 0 Å². The molecule has 3 nitrogen and oxygen atoms in total. The first-order valence-corrected chi connectivity index (χ1v) is 3.47. The number of amides is 1. The van der Waals surface area contributed by atoms with Gasteiger partial charge in [-0.3, -0.25) is 4.79 Å². The van der Waals surface area contributed by atoms with Crippen molar-refractivity contribution in [1.82, 2.24) is 5.32 Å². The van der Waals surface area contributed by atoms with Gasteiger partial charge in [0.15, 0.2) is 0 Å². The summed E-state index contributed by atoms with van der Waals surface area (Å²) in [5.74, 6) is -0.435. The standard InChI is InChI=1S/C6H11F3N2O/c1-2-5(12)11-3-4(10)6(7,8)9/h4H,2-3,10H2,1H3,(H,11,12). The van der Waals surface area contributed by atoms with E-state index in [1.165, 1.54) is 0 Å². The highest BCUT2D eigenvalue weighted by Gasteiger charge is 2.36. The first-order valence-electron chi connectivity index (χ1n) is 3.47. The zero-order valence-corrected chi connectivity index (χ0v) is 6.61. The van der Waals surface area contributed by atoms with E-state index in [2.05, 4.69) is 5.32 Å². The van der Waals surface area contributed by atoms with Crippen LogP contribution >= 0.6 is 0 Å². The molecule has 0 aromatic carbocycles. The molecule has 3 N–H and O–H groups in total. The third-order valence-corrected chi connectivity index (χ3v) is 1.26. The molecule has 1 amide bonds. The number of carbonyl (C=O) groups excluding carboxylic acids is 1. The maximum atomic E-state index is 11.7. The van der Waals surface area contributed by atoms with Crippen molar-refractivity contribution in [3.8, 4) is 0 Å². The maximum Gasteiger partial charge on any atom is 0.405 e. The topological polar surface area (TPSA) is 55.1 Å². The molecule has 72 valence electrons. The van der Waals surface area contributed by atoms with Crippen molar-refractivity contribution in [2.24, 2.45) is 5.73 Å². The van der Waals surface area contributed by atoms with E-state index in [4.69, 9.17) is 5.73 Å². The van der Waals surface area contributed by atoms with Crippen LogP contribution < -0.4 is 11.1 Å². The molecule has 0 heterocycles. The lowest BCUT2D eigenvalue weighted by Crippen LogP contribution is -2.46. The molecule has 0 aromatic heterocycles. The van der Waals surface area contributed by atoms with E-state index in [9.17, 15) is 18.0 Å². The molecule has 0 aromatic rings. The quantitative estimate of drug-likeness (QED) is 0.667. The van der Waals surface area contributed by atoms with E-state index in [0.29, 0.717) is 0 Å². The van der Waals surface area contributed by atoms with Crippen molar-refractivity contribution < 1.29 is 18.0 Å². The molecule has 0 fully saturated rings. The van der Waals surface area contributed by atoms with Crippen LogP contribution in [0.2, 0.25) is 0 Å². The number of carbonyl (C=O) groups is 1. The van der Waals surface area contributed by atoms with E-state index in [1.807, 2.05) is 0 Å². The number of hydrogen-bond donors (Lipinski definition) is 2. The Kier molecular flexibility index (Phi) is 4.02. The normalized spacial score (nSPS) is 14.1. The van der Waals surface area contributed by atoms with E-state index in [-0.39, 0.29) is 6.42 Å². The summed E-state index contributed by atoms with van der Waals surface area (Å²) < 4.78 is 35.2. The Bertz CT molecular complexity index is 157. The van der Waals surface area contributed by atoms with Crippen LogP contribution in [0.1, 0.15) is 13.3 Å². The highest BCUT2D eigenvalue weighted by molar-refractivity contribution is 5.75. The maximum absolute atomic E-state index is 11.7. The second kappa shape index (κ2) is 4.30. The van der Waals surface area contributed by atoms with Crippen LogP contribution in [0.15, 0.2) is 0 Å². The molecule has 0 radical (unpaired) electrons. The summed E-state index contributed by atoms with van der Waals surface area (Å²) in [5, 5.41) is 2.05. The minimum atomic E-state index is -4.44. The highest BCUT2D eigenvalue weighted by atomic mass is 19.4. The van der Waals surface area contributed by atoms with Crippen LogP contribution in [0, 0.1) is 0 Å². The average Bonchev–Trinajstić information content (AvgIpc) is 1.97. The number of nitrogens with one attached hydrogen (secondary N) is 1. The van der Waals surface area contributed by atoms with E-state index < -0.39 is 24.7 Å². The number of rotatable bonds is 3. The van der Waals surface area contributed by atoms with Gasteiger partial charge in [0, 0.05) is 13.0 Å². The van der Waals surface area contributed by atoms with Gasteiger partial charge < -0.3 is 11.1 Å². The molecular weight excluding hydrogens is 173 g/mol. The van der Waals surface area contributed by atoms with Crippen molar-refractivity contribution in [3.63, 3.8) is 0 Å². The SMILES string of the molecule is CCC(=O)NCC(N)C(F)(F)F. The molecule has 0 bridgehead atoms. The Morgan fingerprint density at radius 2 is 2.08 bits per heavy atom. The van der Waals surface area contributed by atoms with Crippen LogP contribution in [-0.2, 0) is 4.79 Å². The molecule has 1 unspecified atom stereocenters. The molecule has 0 rings (SSSR count). The second-order valence-electron chi connectivity index (χ2n) is 2.31. The summed E-state index contributed by atoms with van der Waals surface area (Å²) >= 11 is 0. The molecule has 0 saturated heterocycles. The molecular formula is C6H11F3N2O. The minimum absolute atomic E-state index is 0.157. The lowest BCUT2D eigenvalue weighted by molar-refractivity contribution is -0.147. The fraction of sp³-hybridized carbons (Fsp3) is 0.833. The third kappa shape index (κ3) is 4.17. The van der Waals surface area contributed by atoms with Crippen molar-refractivity contribution in [2.75, 3.05) is 6.54 Å². The van der Waals surface area contributed by atoms with Crippen LogP contribution in [0.5, 0.6) is 0 Å². The van der Waals surface area contributed by atoms with Gasteiger partial charge in [-0.2, -0.15) is 13.2 Å². The first kappa shape index (κ1) is 11.2. The Morgan fingerprint density at radius 3 is 2.42 bits per heavy atom. The van der Waals surface area contributed by atoms with Gasteiger partial charge in [-0.1, -0.05) is 6.92 Å². The average molecular weight is 184 g/mol. The Labute approximate surface area is 68.1 Å².